The Bertz CT molecular complexity index is 456. The zero-order valence-electron chi connectivity index (χ0n) is 7.09. The van der Waals surface area contributed by atoms with E-state index in [-0.39, 0.29) is 12.4 Å². The summed E-state index contributed by atoms with van der Waals surface area (Å²) in [5, 5.41) is 11.0. The second-order valence-electron chi connectivity index (χ2n) is 2.52. The van der Waals surface area contributed by atoms with Crippen LogP contribution in [0.3, 0.4) is 0 Å². The molecule has 0 fully saturated rings. The van der Waals surface area contributed by atoms with Gasteiger partial charge in [0.25, 0.3) is 6.33 Å². The lowest BCUT2D eigenvalue weighted by atomic mass is 10.3. The normalized spacial score (nSPS) is 9.80. The fraction of sp³-hybridized carbons (Fsp3) is 0. The van der Waals surface area contributed by atoms with E-state index in [0.717, 1.165) is 0 Å². The molecule has 0 aliphatic heterocycles. The zero-order chi connectivity index (χ0) is 10.1. The Labute approximate surface area is 107 Å². The number of hydrogen-bond donors (Lipinski definition) is 1. The zero-order valence-corrected chi connectivity index (χ0v) is 10.1. The predicted molar refractivity (Wildman–Crippen MR) is 52.9 cm³/mol. The predicted octanol–water partition coefficient (Wildman–Crippen LogP) is -0.954. The van der Waals surface area contributed by atoms with E-state index in [0.29, 0.717) is 20.8 Å². The van der Waals surface area contributed by atoms with Crippen LogP contribution < -0.4 is 17.1 Å². The van der Waals surface area contributed by atoms with Crippen molar-refractivity contribution in [1.29, 1.82) is 0 Å². The third kappa shape index (κ3) is 2.52. The number of halogens is 4. The number of hydrogen-bond acceptors (Lipinski definition) is 2. The van der Waals surface area contributed by atoms with Crippen molar-refractivity contribution >= 4 is 34.8 Å². The van der Waals surface area contributed by atoms with Gasteiger partial charge in [-0.25, -0.2) is 0 Å². The van der Waals surface area contributed by atoms with Crippen LogP contribution in [0.1, 0.15) is 0 Å². The smallest absolute Gasteiger partial charge is 0.293 e. The summed E-state index contributed by atoms with van der Waals surface area (Å²) >= 11 is 17.6. The first kappa shape index (κ1) is 12.5. The van der Waals surface area contributed by atoms with Gasteiger partial charge in [-0.1, -0.05) is 40.0 Å². The van der Waals surface area contributed by atoms with Crippen LogP contribution in [0, 0.1) is 0 Å². The van der Waals surface area contributed by atoms with Crippen molar-refractivity contribution < 1.29 is 17.1 Å². The number of nitrogens with zero attached hydrogens (tertiary/aromatic N) is 3. The molecule has 80 valence electrons. The SMILES string of the molecule is Clc1cc(Cl)c(Cl)c(-[n+]2cnn[nH]2)c1.[Cl-]. The summed E-state index contributed by atoms with van der Waals surface area (Å²) in [4.78, 5) is 0. The molecular weight excluding hydrogens is 282 g/mol. The second-order valence-corrected chi connectivity index (χ2v) is 3.74. The molecule has 0 unspecified atom stereocenters. The summed E-state index contributed by atoms with van der Waals surface area (Å²) in [5.41, 5.74) is 0.606. The van der Waals surface area contributed by atoms with Crippen molar-refractivity contribution in [3.8, 4) is 5.69 Å². The summed E-state index contributed by atoms with van der Waals surface area (Å²) in [7, 11) is 0. The number of benzene rings is 1. The average Bonchev–Trinajstić information content (AvgIpc) is 2.63. The summed E-state index contributed by atoms with van der Waals surface area (Å²) in [6.07, 6.45) is 1.47. The highest BCUT2D eigenvalue weighted by molar-refractivity contribution is 6.44. The standard InChI is InChI=1S/C7H3Cl3N4.ClH/c8-4-1-5(9)7(10)6(2-4)14-3-11-12-13-14;/h1-3H;1H. The number of aromatic nitrogens is 4. The van der Waals surface area contributed by atoms with Gasteiger partial charge in [0.2, 0.25) is 0 Å². The minimum Gasteiger partial charge on any atom is -1.00 e. The molecule has 0 radical (unpaired) electrons. The number of nitrogens with one attached hydrogen (secondary N) is 1. The van der Waals surface area contributed by atoms with Crippen molar-refractivity contribution in [3.05, 3.63) is 33.5 Å². The molecule has 0 aliphatic carbocycles. The van der Waals surface area contributed by atoms with E-state index < -0.39 is 0 Å². The van der Waals surface area contributed by atoms with Gasteiger partial charge < -0.3 is 12.4 Å². The van der Waals surface area contributed by atoms with Crippen molar-refractivity contribution in [3.63, 3.8) is 0 Å². The van der Waals surface area contributed by atoms with Crippen molar-refractivity contribution in [2.24, 2.45) is 0 Å². The molecule has 2 aromatic rings. The summed E-state index contributed by atoms with van der Waals surface area (Å²) in [6, 6.07) is 3.23. The molecule has 1 heterocycles. The van der Waals surface area contributed by atoms with Gasteiger partial charge in [0.1, 0.15) is 15.8 Å². The number of tetrazole rings is 1. The van der Waals surface area contributed by atoms with Crippen LogP contribution in [-0.4, -0.2) is 15.5 Å². The fourth-order valence-corrected chi connectivity index (χ4v) is 1.69. The third-order valence-electron chi connectivity index (χ3n) is 1.61. The molecule has 0 amide bonds. The molecule has 0 bridgehead atoms. The van der Waals surface area contributed by atoms with Crippen molar-refractivity contribution in [2.75, 3.05) is 0 Å². The highest BCUT2D eigenvalue weighted by Gasteiger charge is 2.13. The van der Waals surface area contributed by atoms with Gasteiger partial charge in [-0.2, -0.15) is 0 Å². The maximum Gasteiger partial charge on any atom is 0.293 e. The Balaban J connectivity index is 0.00000112. The molecule has 0 saturated carbocycles. The van der Waals surface area contributed by atoms with E-state index in [1.807, 2.05) is 0 Å². The molecular formula is C7H4Cl4N4. The summed E-state index contributed by atoms with van der Waals surface area (Å²) < 4.78 is 1.51. The quantitative estimate of drug-likeness (QED) is 0.542. The monoisotopic (exact) mass is 284 g/mol. The second kappa shape index (κ2) is 4.99. The van der Waals surface area contributed by atoms with Crippen LogP contribution in [0.15, 0.2) is 18.5 Å². The molecule has 2 rings (SSSR count). The first-order chi connectivity index (χ1) is 6.68. The average molecular weight is 286 g/mol. The Morgan fingerprint density at radius 3 is 2.53 bits per heavy atom. The Morgan fingerprint density at radius 2 is 1.93 bits per heavy atom. The van der Waals surface area contributed by atoms with Gasteiger partial charge in [0, 0.05) is 5.02 Å². The minimum absolute atomic E-state index is 0. The Hall–Kier alpha value is -0.550. The molecule has 0 spiro atoms. The molecule has 0 atom stereocenters. The number of rotatable bonds is 1. The molecule has 4 nitrogen and oxygen atoms in total. The maximum absolute atomic E-state index is 5.97. The van der Waals surface area contributed by atoms with Crippen LogP contribution in [-0.2, 0) is 0 Å². The van der Waals surface area contributed by atoms with E-state index in [1.165, 1.54) is 11.0 Å². The van der Waals surface area contributed by atoms with Crippen LogP contribution in [0.2, 0.25) is 15.1 Å². The van der Waals surface area contributed by atoms with E-state index in [2.05, 4.69) is 15.5 Å². The first-order valence-electron chi connectivity index (χ1n) is 3.61. The molecule has 0 saturated heterocycles. The van der Waals surface area contributed by atoms with E-state index in [9.17, 15) is 0 Å². The van der Waals surface area contributed by atoms with Gasteiger partial charge in [-0.3, -0.25) is 0 Å². The minimum atomic E-state index is 0. The van der Waals surface area contributed by atoms with Crippen LogP contribution in [0.5, 0.6) is 0 Å². The van der Waals surface area contributed by atoms with Crippen LogP contribution >= 0.6 is 34.8 Å². The lowest BCUT2D eigenvalue weighted by Crippen LogP contribution is -3.00. The number of aromatic amines is 1. The van der Waals surface area contributed by atoms with Crippen LogP contribution in [0.25, 0.3) is 5.69 Å². The van der Waals surface area contributed by atoms with Crippen molar-refractivity contribution in [1.82, 2.24) is 15.5 Å². The van der Waals surface area contributed by atoms with Crippen LogP contribution in [0.4, 0.5) is 0 Å². The molecule has 15 heavy (non-hydrogen) atoms. The van der Waals surface area contributed by atoms with Gasteiger partial charge >= 0.3 is 0 Å². The molecule has 0 aliphatic rings. The summed E-state index contributed by atoms with van der Waals surface area (Å²) in [5.74, 6) is 0. The molecule has 1 aromatic heterocycles. The molecule has 1 N–H and O–H groups in total. The Kier molecular flexibility index (Phi) is 4.16. The van der Waals surface area contributed by atoms with Gasteiger partial charge in [-0.05, 0) is 12.1 Å². The Morgan fingerprint density at radius 1 is 1.20 bits per heavy atom. The number of H-pyrrole nitrogens is 1. The molecule has 8 heteroatoms. The fourth-order valence-electron chi connectivity index (χ4n) is 1.01. The topological polar surface area (TPSA) is 45.5 Å². The first-order valence-corrected chi connectivity index (χ1v) is 4.74. The molecule has 1 aromatic carbocycles. The largest absolute Gasteiger partial charge is 1.00 e. The van der Waals surface area contributed by atoms with Crippen molar-refractivity contribution in [2.45, 2.75) is 0 Å². The maximum atomic E-state index is 5.97. The lowest BCUT2D eigenvalue weighted by molar-refractivity contribution is -0.660. The third-order valence-corrected chi connectivity index (χ3v) is 2.62. The van der Waals surface area contributed by atoms with E-state index in [1.54, 1.807) is 12.1 Å². The van der Waals surface area contributed by atoms with Gasteiger partial charge in [0.05, 0.1) is 5.02 Å². The van der Waals surface area contributed by atoms with E-state index in [4.69, 9.17) is 34.8 Å². The van der Waals surface area contributed by atoms with Gasteiger partial charge in [-0.15, -0.1) is 4.68 Å². The van der Waals surface area contributed by atoms with Gasteiger partial charge in [0.15, 0.2) is 5.21 Å². The highest BCUT2D eigenvalue weighted by atomic mass is 35.5. The highest BCUT2D eigenvalue weighted by Crippen LogP contribution is 2.29. The van der Waals surface area contributed by atoms with E-state index >= 15 is 0 Å². The lowest BCUT2D eigenvalue weighted by Gasteiger charge is -2.01. The summed E-state index contributed by atoms with van der Waals surface area (Å²) in [6.45, 7) is 0.